The highest BCUT2D eigenvalue weighted by Gasteiger charge is 2.58. The van der Waals surface area contributed by atoms with Crippen molar-refractivity contribution in [2.45, 2.75) is 12.8 Å². The molecule has 1 aromatic carbocycles. The molecule has 4 rings (SSSR count). The number of methoxy groups -OCH3 is 2. The van der Waals surface area contributed by atoms with Gasteiger partial charge in [0.25, 0.3) is 0 Å². The van der Waals surface area contributed by atoms with E-state index in [1.54, 1.807) is 21.3 Å². The minimum absolute atomic E-state index is 0. The molecule has 0 aromatic heterocycles. The van der Waals surface area contributed by atoms with Crippen LogP contribution in [0.5, 0.6) is 11.5 Å². The van der Waals surface area contributed by atoms with Crippen LogP contribution < -0.4 is 20.1 Å². The van der Waals surface area contributed by atoms with E-state index in [1.165, 1.54) is 4.90 Å². The van der Waals surface area contributed by atoms with Crippen molar-refractivity contribution in [1.29, 1.82) is 0 Å². The molecule has 32 heavy (non-hydrogen) atoms. The third kappa shape index (κ3) is 4.57. The molecule has 4 unspecified atom stereocenters. The Hall–Kier alpha value is -2.30. The van der Waals surface area contributed by atoms with Crippen LogP contribution in [0.3, 0.4) is 0 Å². The maximum Gasteiger partial charge on any atom is 0.233 e. The number of imide groups is 1. The fraction of sp³-hybridized carbons (Fsp3) is 0.522. The predicted octanol–water partition coefficient (Wildman–Crippen LogP) is 1.84. The van der Waals surface area contributed by atoms with E-state index in [4.69, 9.17) is 9.47 Å². The van der Waals surface area contributed by atoms with E-state index in [2.05, 4.69) is 27.8 Å². The van der Waals surface area contributed by atoms with Crippen molar-refractivity contribution >= 4 is 41.8 Å². The van der Waals surface area contributed by atoms with Gasteiger partial charge >= 0.3 is 0 Å². The van der Waals surface area contributed by atoms with E-state index in [0.29, 0.717) is 25.6 Å². The van der Waals surface area contributed by atoms with Crippen molar-refractivity contribution in [3.8, 4) is 11.5 Å². The van der Waals surface area contributed by atoms with Gasteiger partial charge in [0, 0.05) is 26.7 Å². The number of guanidine groups is 1. The second-order valence-electron chi connectivity index (χ2n) is 8.18. The minimum Gasteiger partial charge on any atom is -0.497 e. The maximum atomic E-state index is 12.7. The summed E-state index contributed by atoms with van der Waals surface area (Å²) in [5.41, 5.74) is 1.04. The summed E-state index contributed by atoms with van der Waals surface area (Å²) >= 11 is 0. The number of fused-ring (bicyclic) bond motifs is 5. The molecule has 1 saturated carbocycles. The summed E-state index contributed by atoms with van der Waals surface area (Å²) in [6, 6.07) is 5.72. The lowest BCUT2D eigenvalue weighted by Gasteiger charge is -2.19. The molecular formula is C23H31IN4O4. The lowest BCUT2D eigenvalue weighted by atomic mass is 9.85. The summed E-state index contributed by atoms with van der Waals surface area (Å²) in [6.45, 7) is 1.46. The summed E-state index contributed by atoms with van der Waals surface area (Å²) in [5.74, 6) is 2.40. The number of carbonyl (C=O) groups is 2. The molecule has 174 valence electrons. The van der Waals surface area contributed by atoms with Gasteiger partial charge < -0.3 is 20.1 Å². The van der Waals surface area contributed by atoms with E-state index >= 15 is 0 Å². The summed E-state index contributed by atoms with van der Waals surface area (Å²) in [5, 5.41) is 6.46. The molecule has 9 heteroatoms. The highest BCUT2D eigenvalue weighted by atomic mass is 127. The number of nitrogens with zero attached hydrogens (tertiary/aromatic N) is 2. The summed E-state index contributed by atoms with van der Waals surface area (Å²) < 4.78 is 10.7. The van der Waals surface area contributed by atoms with Crippen LogP contribution in [0, 0.1) is 23.7 Å². The van der Waals surface area contributed by atoms with Crippen LogP contribution in [0.15, 0.2) is 35.3 Å². The third-order valence-corrected chi connectivity index (χ3v) is 6.59. The Kier molecular flexibility index (Phi) is 8.02. The number of ether oxygens (including phenoxy) is 2. The molecule has 4 atom stereocenters. The summed E-state index contributed by atoms with van der Waals surface area (Å²) in [4.78, 5) is 31.2. The van der Waals surface area contributed by atoms with Crippen molar-refractivity contribution in [3.05, 3.63) is 35.9 Å². The number of halogens is 1. The summed E-state index contributed by atoms with van der Waals surface area (Å²) in [7, 11) is 4.98. The van der Waals surface area contributed by atoms with Crippen LogP contribution in [0.2, 0.25) is 0 Å². The molecule has 3 aliphatic rings. The number of carbonyl (C=O) groups excluding carboxylic acids is 2. The third-order valence-electron chi connectivity index (χ3n) is 6.59. The van der Waals surface area contributed by atoms with Crippen molar-refractivity contribution in [1.82, 2.24) is 15.5 Å². The van der Waals surface area contributed by atoms with Gasteiger partial charge in [-0.2, -0.15) is 0 Å². The Morgan fingerprint density at radius 1 is 1.06 bits per heavy atom. The fourth-order valence-electron chi connectivity index (χ4n) is 5.08. The van der Waals surface area contributed by atoms with Crippen molar-refractivity contribution in [2.24, 2.45) is 28.7 Å². The fourth-order valence-corrected chi connectivity index (χ4v) is 5.08. The second kappa shape index (κ2) is 10.5. The Bertz CT molecular complexity index is 889. The topological polar surface area (TPSA) is 92.3 Å². The molecule has 1 heterocycles. The molecule has 2 aliphatic carbocycles. The number of benzene rings is 1. The van der Waals surface area contributed by atoms with Crippen molar-refractivity contribution in [2.75, 3.05) is 40.9 Å². The molecule has 1 saturated heterocycles. The lowest BCUT2D eigenvalue weighted by Crippen LogP contribution is -2.44. The van der Waals surface area contributed by atoms with Gasteiger partial charge in [-0.3, -0.25) is 19.5 Å². The number of amides is 2. The molecule has 8 nitrogen and oxygen atoms in total. The van der Waals surface area contributed by atoms with Crippen molar-refractivity contribution in [3.63, 3.8) is 0 Å². The van der Waals surface area contributed by atoms with E-state index in [-0.39, 0.29) is 59.5 Å². The van der Waals surface area contributed by atoms with Crippen LogP contribution in [0.4, 0.5) is 0 Å². The van der Waals surface area contributed by atoms with Crippen LogP contribution in [0.1, 0.15) is 12.0 Å². The zero-order valence-electron chi connectivity index (χ0n) is 18.7. The van der Waals surface area contributed by atoms with E-state index in [0.717, 1.165) is 29.9 Å². The molecule has 2 fully saturated rings. The molecule has 2 amide bonds. The normalized spacial score (nSPS) is 25.6. The van der Waals surface area contributed by atoms with E-state index < -0.39 is 0 Å². The SMILES string of the molecule is CN=C(NCCc1cc(OC)ccc1OC)NCCN1C(=O)C2C3C=CC(C3)C2C1=O.I. The molecule has 1 aromatic rings. The Balaban J connectivity index is 0.00000289. The van der Waals surface area contributed by atoms with Crippen LogP contribution in [0.25, 0.3) is 0 Å². The van der Waals surface area contributed by atoms with Gasteiger partial charge in [0.05, 0.1) is 26.1 Å². The molecule has 1 aliphatic heterocycles. The van der Waals surface area contributed by atoms with Gasteiger partial charge in [0.2, 0.25) is 11.8 Å². The average molecular weight is 554 g/mol. The number of nitrogens with one attached hydrogen (secondary N) is 2. The van der Waals surface area contributed by atoms with Gasteiger partial charge in [0.15, 0.2) is 5.96 Å². The zero-order valence-corrected chi connectivity index (χ0v) is 21.0. The van der Waals surface area contributed by atoms with Crippen LogP contribution in [-0.2, 0) is 16.0 Å². The number of hydrogen-bond donors (Lipinski definition) is 2. The number of allylic oxidation sites excluding steroid dienone is 2. The zero-order chi connectivity index (χ0) is 22.0. The monoisotopic (exact) mass is 554 g/mol. The first-order chi connectivity index (χ1) is 15.1. The Labute approximate surface area is 205 Å². The first-order valence-corrected chi connectivity index (χ1v) is 10.8. The van der Waals surface area contributed by atoms with E-state index in [9.17, 15) is 9.59 Å². The lowest BCUT2D eigenvalue weighted by molar-refractivity contribution is -0.140. The molecule has 2 N–H and O–H groups in total. The number of likely N-dealkylation sites (tertiary alicyclic amines) is 1. The van der Waals surface area contributed by atoms with Gasteiger partial charge in [-0.25, -0.2) is 0 Å². The number of rotatable bonds is 8. The Morgan fingerprint density at radius 3 is 2.31 bits per heavy atom. The second-order valence-corrected chi connectivity index (χ2v) is 8.18. The highest BCUT2D eigenvalue weighted by Crippen LogP contribution is 2.52. The number of aliphatic imine (C=N–C) groups is 1. The van der Waals surface area contributed by atoms with Gasteiger partial charge in [-0.15, -0.1) is 24.0 Å². The number of hydrogen-bond acceptors (Lipinski definition) is 5. The van der Waals surface area contributed by atoms with Gasteiger partial charge in [0.1, 0.15) is 11.5 Å². The minimum atomic E-state index is -0.141. The molecular weight excluding hydrogens is 523 g/mol. The first kappa shape index (κ1) is 24.3. The largest absolute Gasteiger partial charge is 0.497 e. The summed E-state index contributed by atoms with van der Waals surface area (Å²) in [6.07, 6.45) is 5.90. The molecule has 0 spiro atoms. The highest BCUT2D eigenvalue weighted by molar-refractivity contribution is 14.0. The predicted molar refractivity (Wildman–Crippen MR) is 132 cm³/mol. The maximum absolute atomic E-state index is 12.7. The van der Waals surface area contributed by atoms with Crippen molar-refractivity contribution < 1.29 is 19.1 Å². The van der Waals surface area contributed by atoms with Gasteiger partial charge in [-0.1, -0.05) is 12.2 Å². The van der Waals surface area contributed by atoms with E-state index in [1.807, 2.05) is 18.2 Å². The average Bonchev–Trinajstić information content (AvgIpc) is 3.47. The van der Waals surface area contributed by atoms with Crippen LogP contribution in [-0.4, -0.2) is 63.6 Å². The first-order valence-electron chi connectivity index (χ1n) is 10.8. The quantitative estimate of drug-likeness (QED) is 0.168. The molecule has 2 bridgehead atoms. The van der Waals surface area contributed by atoms with Crippen LogP contribution >= 0.6 is 24.0 Å². The molecule has 0 radical (unpaired) electrons. The van der Waals surface area contributed by atoms with Gasteiger partial charge in [-0.05, 0) is 48.4 Å². The standard InChI is InChI=1S/C23H30N4O4.HI/c1-24-23(25-9-8-14-13-17(30-2)6-7-18(14)31-3)26-10-11-27-21(28)19-15-4-5-16(12-15)20(19)22(27)29;/h4-7,13,15-16,19-20H,8-12H2,1-3H3,(H2,24,25,26);1H. The smallest absolute Gasteiger partial charge is 0.233 e. The Morgan fingerprint density at radius 2 is 1.72 bits per heavy atom.